The van der Waals surface area contributed by atoms with Gasteiger partial charge in [-0.2, -0.15) is 0 Å². The zero-order valence-corrected chi connectivity index (χ0v) is 11.6. The molecule has 2 N–H and O–H groups in total. The lowest BCUT2D eigenvalue weighted by Gasteiger charge is -2.10. The lowest BCUT2D eigenvalue weighted by Crippen LogP contribution is -2.07. The van der Waals surface area contributed by atoms with Crippen LogP contribution >= 0.6 is 0 Å². The Kier molecular flexibility index (Phi) is 4.91. The molecule has 20 heavy (non-hydrogen) atoms. The van der Waals surface area contributed by atoms with Gasteiger partial charge in [0.2, 0.25) is 0 Å². The summed E-state index contributed by atoms with van der Waals surface area (Å²) in [6.45, 7) is 2.69. The molecule has 104 valence electrons. The summed E-state index contributed by atoms with van der Waals surface area (Å²) in [5.41, 5.74) is 8.35. The number of nitrogens with two attached hydrogens (primary N) is 1. The molecule has 0 radical (unpaired) electrons. The zero-order chi connectivity index (χ0) is 14.4. The first-order chi connectivity index (χ1) is 9.74. The van der Waals surface area contributed by atoms with E-state index in [4.69, 9.17) is 10.5 Å². The van der Waals surface area contributed by atoms with Gasteiger partial charge in [0.15, 0.2) is 5.78 Å². The number of hydrogen-bond acceptors (Lipinski definition) is 3. The van der Waals surface area contributed by atoms with Crippen LogP contribution in [0.5, 0.6) is 5.75 Å². The maximum atomic E-state index is 11.8. The fraction of sp³-hybridized carbons (Fsp3) is 0.235. The molecule has 2 aromatic carbocycles. The normalized spacial score (nSPS) is 10.3. The summed E-state index contributed by atoms with van der Waals surface area (Å²) < 4.78 is 5.74. The third kappa shape index (κ3) is 3.45. The van der Waals surface area contributed by atoms with E-state index in [9.17, 15) is 4.79 Å². The molecular weight excluding hydrogens is 250 g/mol. The van der Waals surface area contributed by atoms with Gasteiger partial charge in [0.1, 0.15) is 12.4 Å². The monoisotopic (exact) mass is 269 g/mol. The van der Waals surface area contributed by atoms with E-state index in [2.05, 4.69) is 0 Å². The van der Waals surface area contributed by atoms with Gasteiger partial charge in [-0.15, -0.1) is 0 Å². The SMILES string of the molecule is CCC(=O)c1ccc(OCc2ccccc2)cc1CN. The highest BCUT2D eigenvalue weighted by Gasteiger charge is 2.09. The summed E-state index contributed by atoms with van der Waals surface area (Å²) in [6, 6.07) is 15.4. The van der Waals surface area contributed by atoms with Crippen LogP contribution in [0.3, 0.4) is 0 Å². The molecular formula is C17H19NO2. The minimum Gasteiger partial charge on any atom is -0.489 e. The molecule has 0 fully saturated rings. The van der Waals surface area contributed by atoms with E-state index in [-0.39, 0.29) is 5.78 Å². The molecule has 0 saturated carbocycles. The predicted molar refractivity (Wildman–Crippen MR) is 79.7 cm³/mol. The largest absolute Gasteiger partial charge is 0.489 e. The Balaban J connectivity index is 2.12. The molecule has 0 unspecified atom stereocenters. The Hall–Kier alpha value is -2.13. The van der Waals surface area contributed by atoms with Crippen LogP contribution in [0, 0.1) is 0 Å². The van der Waals surface area contributed by atoms with Crippen LogP contribution in [0.1, 0.15) is 34.8 Å². The number of carbonyl (C=O) groups excluding carboxylic acids is 1. The molecule has 0 aliphatic carbocycles. The van der Waals surface area contributed by atoms with Crippen molar-refractivity contribution in [2.45, 2.75) is 26.5 Å². The fourth-order valence-corrected chi connectivity index (χ4v) is 2.03. The standard InChI is InChI=1S/C17H19NO2/c1-2-17(19)16-9-8-15(10-14(16)11-18)20-12-13-6-4-3-5-7-13/h3-10H,2,11-12,18H2,1H3. The van der Waals surface area contributed by atoms with Crippen LogP contribution in [-0.4, -0.2) is 5.78 Å². The molecule has 2 aromatic rings. The van der Waals surface area contributed by atoms with E-state index in [1.54, 1.807) is 6.07 Å². The Morgan fingerprint density at radius 1 is 1.15 bits per heavy atom. The molecule has 3 heteroatoms. The molecule has 0 bridgehead atoms. The fourth-order valence-electron chi connectivity index (χ4n) is 2.03. The Bertz CT molecular complexity index is 579. The van der Waals surface area contributed by atoms with E-state index in [0.717, 1.165) is 16.9 Å². The molecule has 0 spiro atoms. The molecule has 2 rings (SSSR count). The molecule has 0 heterocycles. The maximum absolute atomic E-state index is 11.8. The van der Waals surface area contributed by atoms with Crippen LogP contribution in [-0.2, 0) is 13.2 Å². The van der Waals surface area contributed by atoms with Gasteiger partial charge < -0.3 is 10.5 Å². The highest BCUT2D eigenvalue weighted by Crippen LogP contribution is 2.20. The molecule has 0 saturated heterocycles. The van der Waals surface area contributed by atoms with Gasteiger partial charge in [0.25, 0.3) is 0 Å². The predicted octanol–water partition coefficient (Wildman–Crippen LogP) is 3.32. The van der Waals surface area contributed by atoms with Crippen molar-refractivity contribution < 1.29 is 9.53 Å². The van der Waals surface area contributed by atoms with Crippen molar-refractivity contribution in [1.29, 1.82) is 0 Å². The van der Waals surface area contributed by atoms with E-state index >= 15 is 0 Å². The van der Waals surface area contributed by atoms with Gasteiger partial charge in [-0.25, -0.2) is 0 Å². The number of ketones is 1. The van der Waals surface area contributed by atoms with Crippen LogP contribution in [0.4, 0.5) is 0 Å². The summed E-state index contributed by atoms with van der Waals surface area (Å²) in [5, 5.41) is 0. The van der Waals surface area contributed by atoms with Gasteiger partial charge in [-0.1, -0.05) is 37.3 Å². The van der Waals surface area contributed by atoms with Crippen molar-refractivity contribution >= 4 is 5.78 Å². The average Bonchev–Trinajstić information content (AvgIpc) is 2.52. The van der Waals surface area contributed by atoms with Crippen LogP contribution in [0.25, 0.3) is 0 Å². The first-order valence-corrected chi connectivity index (χ1v) is 6.77. The second-order valence-corrected chi connectivity index (χ2v) is 4.57. The van der Waals surface area contributed by atoms with Gasteiger partial charge in [0, 0.05) is 18.5 Å². The van der Waals surface area contributed by atoms with Gasteiger partial charge in [-0.3, -0.25) is 4.79 Å². The number of benzene rings is 2. The zero-order valence-electron chi connectivity index (χ0n) is 11.6. The minimum absolute atomic E-state index is 0.111. The highest BCUT2D eigenvalue weighted by atomic mass is 16.5. The van der Waals surface area contributed by atoms with Crippen molar-refractivity contribution in [2.75, 3.05) is 0 Å². The smallest absolute Gasteiger partial charge is 0.162 e. The lowest BCUT2D eigenvalue weighted by molar-refractivity contribution is 0.0987. The van der Waals surface area contributed by atoms with E-state index in [1.165, 1.54) is 0 Å². The molecule has 0 atom stereocenters. The highest BCUT2D eigenvalue weighted by molar-refractivity contribution is 5.97. The van der Waals surface area contributed by atoms with Crippen molar-refractivity contribution in [3.63, 3.8) is 0 Å². The average molecular weight is 269 g/mol. The number of hydrogen-bond donors (Lipinski definition) is 1. The number of ether oxygens (including phenoxy) is 1. The van der Waals surface area contributed by atoms with Crippen molar-refractivity contribution in [2.24, 2.45) is 5.73 Å². The molecule has 0 aliphatic heterocycles. The molecule has 0 aromatic heterocycles. The Labute approximate surface area is 119 Å². The number of rotatable bonds is 6. The van der Waals surface area contributed by atoms with E-state index < -0.39 is 0 Å². The van der Waals surface area contributed by atoms with E-state index in [0.29, 0.717) is 25.1 Å². The van der Waals surface area contributed by atoms with Crippen molar-refractivity contribution in [3.8, 4) is 5.75 Å². The van der Waals surface area contributed by atoms with E-state index in [1.807, 2.05) is 49.4 Å². The Morgan fingerprint density at radius 2 is 1.90 bits per heavy atom. The maximum Gasteiger partial charge on any atom is 0.162 e. The minimum atomic E-state index is 0.111. The third-order valence-electron chi connectivity index (χ3n) is 3.17. The second kappa shape index (κ2) is 6.87. The number of Topliss-reactive ketones (excluding diaryl/α,β-unsaturated/α-hetero) is 1. The summed E-state index contributed by atoms with van der Waals surface area (Å²) in [5.74, 6) is 0.849. The molecule has 0 amide bonds. The first kappa shape index (κ1) is 14.3. The van der Waals surface area contributed by atoms with Crippen LogP contribution in [0.2, 0.25) is 0 Å². The first-order valence-electron chi connectivity index (χ1n) is 6.77. The van der Waals surface area contributed by atoms with Crippen molar-refractivity contribution in [3.05, 3.63) is 65.2 Å². The lowest BCUT2D eigenvalue weighted by atomic mass is 10.0. The van der Waals surface area contributed by atoms with Gasteiger partial charge in [0.05, 0.1) is 0 Å². The van der Waals surface area contributed by atoms with Crippen LogP contribution in [0.15, 0.2) is 48.5 Å². The molecule has 3 nitrogen and oxygen atoms in total. The summed E-state index contributed by atoms with van der Waals surface area (Å²) >= 11 is 0. The quantitative estimate of drug-likeness (QED) is 0.818. The summed E-state index contributed by atoms with van der Waals surface area (Å²) in [4.78, 5) is 11.8. The molecule has 0 aliphatic rings. The third-order valence-corrected chi connectivity index (χ3v) is 3.17. The topological polar surface area (TPSA) is 52.3 Å². The van der Waals surface area contributed by atoms with Crippen molar-refractivity contribution in [1.82, 2.24) is 0 Å². The van der Waals surface area contributed by atoms with Gasteiger partial charge >= 0.3 is 0 Å². The Morgan fingerprint density at radius 3 is 2.55 bits per heavy atom. The van der Waals surface area contributed by atoms with Crippen LogP contribution < -0.4 is 10.5 Å². The second-order valence-electron chi connectivity index (χ2n) is 4.57. The summed E-state index contributed by atoms with van der Waals surface area (Å²) in [7, 11) is 0. The number of carbonyl (C=O) groups is 1. The van der Waals surface area contributed by atoms with Gasteiger partial charge in [-0.05, 0) is 29.3 Å². The summed E-state index contributed by atoms with van der Waals surface area (Å²) in [6.07, 6.45) is 0.483.